The molecule has 4 rings (SSSR count). The summed E-state index contributed by atoms with van der Waals surface area (Å²) in [6.45, 7) is 3.70. The molecular weight excluding hydrogens is 424 g/mol. The van der Waals surface area contributed by atoms with E-state index in [-0.39, 0.29) is 5.91 Å². The number of aryl methyl sites for hydroxylation is 1. The van der Waals surface area contributed by atoms with Crippen molar-refractivity contribution in [3.63, 3.8) is 0 Å². The van der Waals surface area contributed by atoms with Crippen LogP contribution in [0.25, 0.3) is 0 Å². The van der Waals surface area contributed by atoms with Crippen molar-refractivity contribution in [2.24, 2.45) is 0 Å². The summed E-state index contributed by atoms with van der Waals surface area (Å²) in [5.41, 5.74) is 3.56. The summed E-state index contributed by atoms with van der Waals surface area (Å²) in [6, 6.07) is 19.9. The quantitative estimate of drug-likeness (QED) is 0.497. The molecule has 7 heteroatoms. The lowest BCUT2D eigenvalue weighted by Crippen LogP contribution is -2.28. The van der Waals surface area contributed by atoms with E-state index in [0.717, 1.165) is 47.1 Å². The van der Waals surface area contributed by atoms with Gasteiger partial charge in [-0.25, -0.2) is 0 Å². The lowest BCUT2D eigenvalue weighted by atomic mass is 10.2. The van der Waals surface area contributed by atoms with Gasteiger partial charge in [-0.15, -0.1) is 0 Å². The standard InChI is InChI=1S/C24H24N4OS2/c1-17-5-4-6-19(15-17)27-24(30)26-18-7-9-20(10-8-18)31-21-11-12-25-22(16-21)23(29)28-13-2-3-14-28/h4-12,15-16H,2-3,13-14H2,1H3,(H2,26,27,30). The van der Waals surface area contributed by atoms with E-state index >= 15 is 0 Å². The van der Waals surface area contributed by atoms with Gasteiger partial charge in [0.05, 0.1) is 0 Å². The van der Waals surface area contributed by atoms with Gasteiger partial charge in [-0.1, -0.05) is 23.9 Å². The lowest BCUT2D eigenvalue weighted by Gasteiger charge is -2.14. The van der Waals surface area contributed by atoms with Gasteiger partial charge in [-0.2, -0.15) is 0 Å². The molecule has 0 saturated carbocycles. The number of hydrogen-bond acceptors (Lipinski definition) is 4. The molecule has 2 heterocycles. The highest BCUT2D eigenvalue weighted by atomic mass is 32.2. The predicted octanol–water partition coefficient (Wildman–Crippen LogP) is 5.59. The molecule has 158 valence electrons. The van der Waals surface area contributed by atoms with Crippen molar-refractivity contribution in [2.45, 2.75) is 29.6 Å². The molecule has 0 atom stereocenters. The fourth-order valence-electron chi connectivity index (χ4n) is 3.43. The van der Waals surface area contributed by atoms with Gasteiger partial charge in [0.25, 0.3) is 5.91 Å². The Hall–Kier alpha value is -2.90. The van der Waals surface area contributed by atoms with E-state index in [0.29, 0.717) is 10.8 Å². The van der Waals surface area contributed by atoms with Crippen molar-refractivity contribution in [2.75, 3.05) is 23.7 Å². The zero-order chi connectivity index (χ0) is 21.6. The molecule has 1 aliphatic heterocycles. The highest BCUT2D eigenvalue weighted by Gasteiger charge is 2.20. The lowest BCUT2D eigenvalue weighted by molar-refractivity contribution is 0.0786. The van der Waals surface area contributed by atoms with Crippen LogP contribution >= 0.6 is 24.0 Å². The second-order valence-electron chi connectivity index (χ2n) is 7.45. The average molecular weight is 449 g/mol. The Balaban J connectivity index is 1.35. The van der Waals surface area contributed by atoms with E-state index in [4.69, 9.17) is 12.2 Å². The molecule has 0 radical (unpaired) electrons. The average Bonchev–Trinajstić information content (AvgIpc) is 3.30. The molecule has 0 spiro atoms. The Morgan fingerprint density at radius 3 is 2.45 bits per heavy atom. The van der Waals surface area contributed by atoms with Crippen LogP contribution in [-0.4, -0.2) is 34.0 Å². The van der Waals surface area contributed by atoms with E-state index in [1.54, 1.807) is 18.0 Å². The molecule has 1 amide bonds. The fraction of sp³-hybridized carbons (Fsp3) is 0.208. The smallest absolute Gasteiger partial charge is 0.272 e. The monoisotopic (exact) mass is 448 g/mol. The first-order chi connectivity index (χ1) is 15.1. The van der Waals surface area contributed by atoms with Crippen LogP contribution in [0.15, 0.2) is 76.7 Å². The summed E-state index contributed by atoms with van der Waals surface area (Å²) in [7, 11) is 0. The van der Waals surface area contributed by atoms with E-state index in [1.165, 1.54) is 5.56 Å². The molecule has 1 fully saturated rings. The molecule has 1 aliphatic rings. The van der Waals surface area contributed by atoms with Crippen molar-refractivity contribution in [3.8, 4) is 0 Å². The van der Waals surface area contributed by atoms with Gasteiger partial charge in [-0.05, 0) is 86.1 Å². The Kier molecular flexibility index (Phi) is 6.84. The number of thiocarbonyl (C=S) groups is 1. The molecular formula is C24H24N4OS2. The fourth-order valence-corrected chi connectivity index (χ4v) is 4.51. The van der Waals surface area contributed by atoms with Crippen LogP contribution < -0.4 is 10.6 Å². The zero-order valence-electron chi connectivity index (χ0n) is 17.3. The largest absolute Gasteiger partial charge is 0.337 e. The first kappa shape index (κ1) is 21.3. The van der Waals surface area contributed by atoms with Crippen molar-refractivity contribution >= 4 is 46.4 Å². The Bertz CT molecular complexity index is 1080. The highest BCUT2D eigenvalue weighted by Crippen LogP contribution is 2.29. The van der Waals surface area contributed by atoms with Gasteiger partial charge >= 0.3 is 0 Å². The topological polar surface area (TPSA) is 57.3 Å². The third-order valence-corrected chi connectivity index (χ3v) is 6.17. The number of amides is 1. The third-order valence-electron chi connectivity index (χ3n) is 4.97. The minimum absolute atomic E-state index is 0.0223. The number of benzene rings is 2. The number of anilines is 2. The Labute approximate surface area is 192 Å². The van der Waals surface area contributed by atoms with Crippen LogP contribution in [0.1, 0.15) is 28.9 Å². The Morgan fingerprint density at radius 1 is 0.968 bits per heavy atom. The van der Waals surface area contributed by atoms with Gasteiger partial charge < -0.3 is 15.5 Å². The summed E-state index contributed by atoms with van der Waals surface area (Å²) in [5, 5.41) is 6.95. The van der Waals surface area contributed by atoms with Gasteiger partial charge in [0.2, 0.25) is 0 Å². The number of carbonyl (C=O) groups is 1. The van der Waals surface area contributed by atoms with Crippen molar-refractivity contribution in [1.29, 1.82) is 0 Å². The van der Waals surface area contributed by atoms with Crippen LogP contribution in [0, 0.1) is 6.92 Å². The van der Waals surface area contributed by atoms with Gasteiger partial charge in [0.1, 0.15) is 5.69 Å². The molecule has 3 aromatic rings. The van der Waals surface area contributed by atoms with E-state index in [2.05, 4.69) is 15.6 Å². The molecule has 0 unspecified atom stereocenters. The normalized spacial score (nSPS) is 13.1. The van der Waals surface area contributed by atoms with Crippen LogP contribution in [0.2, 0.25) is 0 Å². The van der Waals surface area contributed by atoms with Gasteiger partial charge in [0.15, 0.2) is 5.11 Å². The number of pyridine rings is 1. The number of likely N-dealkylation sites (tertiary alicyclic amines) is 1. The molecule has 1 aromatic heterocycles. The summed E-state index contributed by atoms with van der Waals surface area (Å²) in [5.74, 6) is 0.0223. The summed E-state index contributed by atoms with van der Waals surface area (Å²) in [4.78, 5) is 20.8. The molecule has 2 N–H and O–H groups in total. The molecule has 5 nitrogen and oxygen atoms in total. The maximum atomic E-state index is 12.6. The Morgan fingerprint density at radius 2 is 1.71 bits per heavy atom. The van der Waals surface area contributed by atoms with E-state index in [9.17, 15) is 4.79 Å². The second-order valence-corrected chi connectivity index (χ2v) is 9.01. The van der Waals surface area contributed by atoms with E-state index in [1.807, 2.05) is 72.5 Å². The van der Waals surface area contributed by atoms with Gasteiger partial charge in [0, 0.05) is 40.5 Å². The van der Waals surface area contributed by atoms with Crippen LogP contribution in [0.5, 0.6) is 0 Å². The summed E-state index contributed by atoms with van der Waals surface area (Å²) < 4.78 is 0. The maximum Gasteiger partial charge on any atom is 0.272 e. The van der Waals surface area contributed by atoms with Crippen molar-refractivity contribution in [3.05, 3.63) is 78.1 Å². The number of hydrogen-bond donors (Lipinski definition) is 2. The number of rotatable bonds is 5. The molecule has 31 heavy (non-hydrogen) atoms. The first-order valence-electron chi connectivity index (χ1n) is 10.2. The first-order valence-corrected chi connectivity index (χ1v) is 11.5. The van der Waals surface area contributed by atoms with Crippen LogP contribution in [0.3, 0.4) is 0 Å². The van der Waals surface area contributed by atoms with E-state index < -0.39 is 0 Å². The highest BCUT2D eigenvalue weighted by molar-refractivity contribution is 7.99. The molecule has 1 saturated heterocycles. The second kappa shape index (κ2) is 9.94. The zero-order valence-corrected chi connectivity index (χ0v) is 18.9. The number of aromatic nitrogens is 1. The van der Waals surface area contributed by atoms with Crippen LogP contribution in [-0.2, 0) is 0 Å². The predicted molar refractivity (Wildman–Crippen MR) is 131 cm³/mol. The number of nitrogens with one attached hydrogen (secondary N) is 2. The summed E-state index contributed by atoms with van der Waals surface area (Å²) in [6.07, 6.45) is 3.85. The van der Waals surface area contributed by atoms with Gasteiger partial charge in [-0.3, -0.25) is 9.78 Å². The SMILES string of the molecule is Cc1cccc(NC(=S)Nc2ccc(Sc3ccnc(C(=O)N4CCCC4)c3)cc2)c1. The van der Waals surface area contributed by atoms with Crippen LogP contribution in [0.4, 0.5) is 11.4 Å². The van der Waals surface area contributed by atoms with Crippen molar-refractivity contribution < 1.29 is 4.79 Å². The minimum Gasteiger partial charge on any atom is -0.337 e. The number of nitrogens with zero attached hydrogens (tertiary/aromatic N) is 2. The molecule has 2 aromatic carbocycles. The van der Waals surface area contributed by atoms with Crippen molar-refractivity contribution in [1.82, 2.24) is 9.88 Å². The minimum atomic E-state index is 0.0223. The molecule has 0 aliphatic carbocycles. The number of carbonyl (C=O) groups excluding carboxylic acids is 1. The third kappa shape index (κ3) is 5.83. The summed E-state index contributed by atoms with van der Waals surface area (Å²) >= 11 is 7.02. The maximum absolute atomic E-state index is 12.6. The molecule has 0 bridgehead atoms.